The van der Waals surface area contributed by atoms with E-state index >= 15 is 0 Å². The molecule has 0 saturated carbocycles. The van der Waals surface area contributed by atoms with Gasteiger partial charge in [0.1, 0.15) is 18.0 Å². The fraction of sp³-hybridized carbons (Fsp3) is 0.143. The van der Waals surface area contributed by atoms with Crippen LogP contribution in [0.1, 0.15) is 0 Å². The predicted octanol–water partition coefficient (Wildman–Crippen LogP) is 3.50. The van der Waals surface area contributed by atoms with Crippen molar-refractivity contribution >= 4 is 11.4 Å². The van der Waals surface area contributed by atoms with Crippen LogP contribution in [0.4, 0.5) is 24.5 Å². The lowest BCUT2D eigenvalue weighted by atomic mass is 10.2. The molecule has 116 valence electrons. The molecule has 0 radical (unpaired) electrons. The molecule has 2 aromatic carbocycles. The van der Waals surface area contributed by atoms with Crippen molar-refractivity contribution in [3.63, 3.8) is 0 Å². The first-order valence-electron chi connectivity index (χ1n) is 6.23. The predicted molar refractivity (Wildman–Crippen MR) is 73.4 cm³/mol. The van der Waals surface area contributed by atoms with Gasteiger partial charge in [-0.15, -0.1) is 0 Å². The molecule has 0 saturated heterocycles. The third kappa shape index (κ3) is 3.66. The van der Waals surface area contributed by atoms with Crippen molar-refractivity contribution < 1.29 is 22.8 Å². The van der Waals surface area contributed by atoms with Gasteiger partial charge in [-0.25, -0.2) is 8.78 Å². The third-order valence-electron chi connectivity index (χ3n) is 2.75. The van der Waals surface area contributed by atoms with Crippen LogP contribution in [-0.2, 0) is 0 Å². The van der Waals surface area contributed by atoms with Crippen LogP contribution in [0.15, 0.2) is 36.4 Å². The van der Waals surface area contributed by atoms with Crippen molar-refractivity contribution in [2.75, 3.05) is 18.5 Å². The van der Waals surface area contributed by atoms with Crippen molar-refractivity contribution in [3.8, 4) is 5.75 Å². The first-order valence-corrected chi connectivity index (χ1v) is 6.23. The molecule has 2 rings (SSSR count). The second-order valence-corrected chi connectivity index (χ2v) is 4.24. The minimum atomic E-state index is -1.04. The van der Waals surface area contributed by atoms with E-state index in [1.54, 1.807) is 0 Å². The number of anilines is 1. The van der Waals surface area contributed by atoms with Gasteiger partial charge in [0.15, 0.2) is 11.6 Å². The zero-order valence-electron chi connectivity index (χ0n) is 11.2. The number of nitrogens with zero attached hydrogens (tertiary/aromatic N) is 1. The van der Waals surface area contributed by atoms with Gasteiger partial charge in [0.25, 0.3) is 0 Å². The van der Waals surface area contributed by atoms with Crippen LogP contribution in [0.25, 0.3) is 0 Å². The Morgan fingerprint density at radius 3 is 2.55 bits per heavy atom. The summed E-state index contributed by atoms with van der Waals surface area (Å²) in [5.74, 6) is -2.85. The van der Waals surface area contributed by atoms with E-state index in [9.17, 15) is 23.3 Å². The number of rotatable bonds is 6. The molecule has 5 nitrogen and oxygen atoms in total. The van der Waals surface area contributed by atoms with Crippen molar-refractivity contribution in [1.82, 2.24) is 0 Å². The Bertz CT molecular complexity index is 695. The summed E-state index contributed by atoms with van der Waals surface area (Å²) in [7, 11) is 0. The van der Waals surface area contributed by atoms with Gasteiger partial charge in [0, 0.05) is 12.6 Å². The van der Waals surface area contributed by atoms with E-state index in [0.29, 0.717) is 0 Å². The number of nitro benzene ring substituents is 1. The second-order valence-electron chi connectivity index (χ2n) is 4.24. The molecule has 0 amide bonds. The Hall–Kier alpha value is -2.77. The monoisotopic (exact) mass is 312 g/mol. The van der Waals surface area contributed by atoms with Gasteiger partial charge in [0.2, 0.25) is 5.82 Å². The van der Waals surface area contributed by atoms with E-state index in [4.69, 9.17) is 4.74 Å². The maximum Gasteiger partial charge on any atom is 0.327 e. The minimum Gasteiger partial charge on any atom is -0.492 e. The van der Waals surface area contributed by atoms with Gasteiger partial charge in [-0.1, -0.05) is 6.07 Å². The standard InChI is InChI=1S/C14H11F3N2O3/c15-10-5-4-9(8-12(10)17)22-7-6-18-13-3-1-2-11(16)14(13)19(20)21/h1-5,8,18H,6-7H2. The highest BCUT2D eigenvalue weighted by Gasteiger charge is 2.19. The zero-order chi connectivity index (χ0) is 16.1. The highest BCUT2D eigenvalue weighted by molar-refractivity contribution is 5.61. The van der Waals surface area contributed by atoms with Crippen LogP contribution >= 0.6 is 0 Å². The third-order valence-corrected chi connectivity index (χ3v) is 2.75. The van der Waals surface area contributed by atoms with Gasteiger partial charge < -0.3 is 10.1 Å². The highest BCUT2D eigenvalue weighted by Crippen LogP contribution is 2.26. The molecular weight excluding hydrogens is 301 g/mol. The number of nitro groups is 1. The average molecular weight is 312 g/mol. The van der Waals surface area contributed by atoms with E-state index in [0.717, 1.165) is 18.2 Å². The van der Waals surface area contributed by atoms with Crippen LogP contribution < -0.4 is 10.1 Å². The molecule has 0 fully saturated rings. The first kappa shape index (κ1) is 15.6. The quantitative estimate of drug-likeness (QED) is 0.504. The summed E-state index contributed by atoms with van der Waals surface area (Å²) in [4.78, 5) is 9.96. The Labute approximate surface area is 123 Å². The molecule has 0 unspecified atom stereocenters. The first-order chi connectivity index (χ1) is 10.5. The van der Waals surface area contributed by atoms with E-state index in [-0.39, 0.29) is 24.6 Å². The fourth-order valence-corrected chi connectivity index (χ4v) is 1.76. The van der Waals surface area contributed by atoms with Gasteiger partial charge in [-0.3, -0.25) is 10.1 Å². The average Bonchev–Trinajstić information content (AvgIpc) is 2.47. The van der Waals surface area contributed by atoms with E-state index < -0.39 is 28.1 Å². The largest absolute Gasteiger partial charge is 0.492 e. The molecule has 1 N–H and O–H groups in total. The van der Waals surface area contributed by atoms with Crippen LogP contribution in [-0.4, -0.2) is 18.1 Å². The lowest BCUT2D eigenvalue weighted by Gasteiger charge is -2.09. The maximum absolute atomic E-state index is 13.4. The molecule has 0 aliphatic heterocycles. The number of nitrogens with one attached hydrogen (secondary N) is 1. The Morgan fingerprint density at radius 2 is 1.86 bits per heavy atom. The number of benzene rings is 2. The van der Waals surface area contributed by atoms with Crippen LogP contribution in [0, 0.1) is 27.6 Å². The summed E-state index contributed by atoms with van der Waals surface area (Å²) in [6, 6.07) is 6.75. The molecule has 0 aromatic heterocycles. The molecule has 0 heterocycles. The van der Waals surface area contributed by atoms with Gasteiger partial charge in [0.05, 0.1) is 4.92 Å². The molecule has 8 heteroatoms. The summed E-state index contributed by atoms with van der Waals surface area (Å²) in [5, 5.41) is 13.4. The molecule has 0 bridgehead atoms. The number of hydrogen-bond donors (Lipinski definition) is 1. The second kappa shape index (κ2) is 6.79. The van der Waals surface area contributed by atoms with Gasteiger partial charge in [-0.2, -0.15) is 4.39 Å². The molecule has 2 aromatic rings. The Kier molecular flexibility index (Phi) is 4.82. The van der Waals surface area contributed by atoms with Crippen molar-refractivity contribution in [1.29, 1.82) is 0 Å². The fourth-order valence-electron chi connectivity index (χ4n) is 1.76. The SMILES string of the molecule is O=[N+]([O-])c1c(F)cccc1NCCOc1ccc(F)c(F)c1. The Balaban J connectivity index is 1.93. The molecule has 22 heavy (non-hydrogen) atoms. The highest BCUT2D eigenvalue weighted by atomic mass is 19.2. The molecular formula is C14H11F3N2O3. The molecule has 0 atom stereocenters. The lowest BCUT2D eigenvalue weighted by molar-refractivity contribution is -0.386. The van der Waals surface area contributed by atoms with E-state index in [2.05, 4.69) is 5.32 Å². The Morgan fingerprint density at radius 1 is 1.09 bits per heavy atom. The molecule has 0 aliphatic carbocycles. The summed E-state index contributed by atoms with van der Waals surface area (Å²) in [6.45, 7) is 0.141. The summed E-state index contributed by atoms with van der Waals surface area (Å²) in [5.41, 5.74) is -0.644. The summed E-state index contributed by atoms with van der Waals surface area (Å²) in [6.07, 6.45) is 0. The van der Waals surface area contributed by atoms with Crippen LogP contribution in [0.2, 0.25) is 0 Å². The molecule has 0 aliphatic rings. The van der Waals surface area contributed by atoms with Gasteiger partial charge >= 0.3 is 5.69 Å². The number of hydrogen-bond acceptors (Lipinski definition) is 4. The maximum atomic E-state index is 13.4. The number of ether oxygens (including phenoxy) is 1. The zero-order valence-corrected chi connectivity index (χ0v) is 11.2. The minimum absolute atomic E-state index is 0.0129. The van der Waals surface area contributed by atoms with Gasteiger partial charge in [-0.05, 0) is 24.3 Å². The smallest absolute Gasteiger partial charge is 0.327 e. The number of halogens is 3. The van der Waals surface area contributed by atoms with Crippen LogP contribution in [0.5, 0.6) is 5.75 Å². The lowest BCUT2D eigenvalue weighted by Crippen LogP contribution is -2.13. The van der Waals surface area contributed by atoms with Crippen molar-refractivity contribution in [2.45, 2.75) is 0 Å². The van der Waals surface area contributed by atoms with Crippen molar-refractivity contribution in [3.05, 3.63) is 64.0 Å². The molecule has 0 spiro atoms. The topological polar surface area (TPSA) is 64.4 Å². The summed E-state index contributed by atoms with van der Waals surface area (Å²) >= 11 is 0. The van der Waals surface area contributed by atoms with E-state index in [1.807, 2.05) is 0 Å². The van der Waals surface area contributed by atoms with Crippen molar-refractivity contribution in [2.24, 2.45) is 0 Å². The normalized spacial score (nSPS) is 10.3. The number of para-hydroxylation sites is 1. The van der Waals surface area contributed by atoms with E-state index in [1.165, 1.54) is 18.2 Å². The summed E-state index contributed by atoms with van der Waals surface area (Å²) < 4.78 is 44.2. The van der Waals surface area contributed by atoms with Crippen LogP contribution in [0.3, 0.4) is 0 Å².